The fraction of sp³-hybridized carbons (Fsp3) is 0.478. The molecule has 0 bridgehead atoms. The van der Waals surface area contributed by atoms with Crippen LogP contribution in [0.3, 0.4) is 0 Å². The topological polar surface area (TPSA) is 29.3 Å². The normalized spacial score (nSPS) is 11.2. The van der Waals surface area contributed by atoms with Crippen molar-refractivity contribution in [3.05, 3.63) is 71.3 Å². The molecule has 0 spiro atoms. The second kappa shape index (κ2) is 11.8. The van der Waals surface area contributed by atoms with Crippen molar-refractivity contribution in [1.29, 1.82) is 0 Å². The fourth-order valence-electron chi connectivity index (χ4n) is 3.21. The highest BCUT2D eigenvalue weighted by Gasteiger charge is 2.01. The van der Waals surface area contributed by atoms with E-state index in [1.807, 2.05) is 0 Å². The Morgan fingerprint density at radius 2 is 1.12 bits per heavy atom. The Labute approximate surface area is 154 Å². The number of nitrogens with two attached hydrogens (primary N) is 1. The second-order valence-electron chi connectivity index (χ2n) is 7.06. The van der Waals surface area contributed by atoms with Gasteiger partial charge in [-0.1, -0.05) is 54.6 Å². The Hall–Kier alpha value is -1.64. The highest BCUT2D eigenvalue weighted by Crippen LogP contribution is 2.10. The van der Waals surface area contributed by atoms with E-state index in [-0.39, 0.29) is 0 Å². The number of hydrogen-bond donors (Lipinski definition) is 1. The molecule has 0 unspecified atom stereocenters. The first-order valence-corrected chi connectivity index (χ1v) is 9.78. The Morgan fingerprint density at radius 3 is 1.64 bits per heavy atom. The highest BCUT2D eigenvalue weighted by molar-refractivity contribution is 5.22. The van der Waals surface area contributed by atoms with Gasteiger partial charge in [-0.05, 0) is 88.3 Å². The number of nitrogens with zero attached hydrogens (tertiary/aromatic N) is 1. The van der Waals surface area contributed by atoms with Crippen LogP contribution in [0, 0.1) is 0 Å². The van der Waals surface area contributed by atoms with Gasteiger partial charge in [0.25, 0.3) is 0 Å². The summed E-state index contributed by atoms with van der Waals surface area (Å²) in [7, 11) is 2.24. The summed E-state index contributed by atoms with van der Waals surface area (Å²) >= 11 is 0. The van der Waals surface area contributed by atoms with Crippen LogP contribution >= 0.6 is 0 Å². The van der Waals surface area contributed by atoms with Gasteiger partial charge in [-0.15, -0.1) is 0 Å². The molecule has 0 heterocycles. The summed E-state index contributed by atoms with van der Waals surface area (Å²) in [6.07, 6.45) is 8.29. The molecular weight excluding hydrogens is 304 g/mol. The Kier molecular flexibility index (Phi) is 9.32. The van der Waals surface area contributed by atoms with E-state index in [0.29, 0.717) is 0 Å². The summed E-state index contributed by atoms with van der Waals surface area (Å²) in [4.78, 5) is 2.46. The van der Waals surface area contributed by atoms with Gasteiger partial charge in [0.2, 0.25) is 0 Å². The summed E-state index contributed by atoms with van der Waals surface area (Å²) < 4.78 is 0. The predicted octanol–water partition coefficient (Wildman–Crippen LogP) is 4.47. The van der Waals surface area contributed by atoms with Gasteiger partial charge in [-0.3, -0.25) is 0 Å². The van der Waals surface area contributed by atoms with Crippen LogP contribution < -0.4 is 5.73 Å². The van der Waals surface area contributed by atoms with Crippen molar-refractivity contribution in [1.82, 2.24) is 4.90 Å². The van der Waals surface area contributed by atoms with E-state index in [2.05, 4.69) is 66.5 Å². The quantitative estimate of drug-likeness (QED) is 0.579. The van der Waals surface area contributed by atoms with Gasteiger partial charge in [-0.25, -0.2) is 0 Å². The van der Waals surface area contributed by atoms with E-state index in [9.17, 15) is 0 Å². The van der Waals surface area contributed by atoms with Gasteiger partial charge in [0.05, 0.1) is 0 Å². The third-order valence-electron chi connectivity index (χ3n) is 4.80. The first-order chi connectivity index (χ1) is 12.3. The van der Waals surface area contributed by atoms with Crippen molar-refractivity contribution in [2.75, 3.05) is 26.7 Å². The van der Waals surface area contributed by atoms with E-state index < -0.39 is 0 Å². The Morgan fingerprint density at radius 1 is 0.640 bits per heavy atom. The average Bonchev–Trinajstić information content (AvgIpc) is 2.64. The molecule has 0 fully saturated rings. The second-order valence-corrected chi connectivity index (χ2v) is 7.06. The van der Waals surface area contributed by atoms with Crippen LogP contribution in [0.15, 0.2) is 54.6 Å². The third-order valence-corrected chi connectivity index (χ3v) is 4.80. The maximum absolute atomic E-state index is 5.55. The van der Waals surface area contributed by atoms with Crippen LogP contribution in [-0.4, -0.2) is 31.6 Å². The molecule has 0 aromatic heterocycles. The monoisotopic (exact) mass is 338 g/mol. The van der Waals surface area contributed by atoms with Gasteiger partial charge in [0.15, 0.2) is 0 Å². The molecule has 0 saturated heterocycles. The van der Waals surface area contributed by atoms with Crippen LogP contribution in [0.25, 0.3) is 0 Å². The number of rotatable bonds is 12. The van der Waals surface area contributed by atoms with E-state index in [1.165, 1.54) is 61.9 Å². The summed E-state index contributed by atoms with van der Waals surface area (Å²) in [6, 6.07) is 20.0. The van der Waals surface area contributed by atoms with Crippen LogP contribution in [0.5, 0.6) is 0 Å². The summed E-state index contributed by atoms with van der Waals surface area (Å²) in [5, 5.41) is 0. The molecule has 0 aliphatic carbocycles. The maximum Gasteiger partial charge on any atom is -0.00186 e. The van der Waals surface area contributed by atoms with E-state index in [0.717, 1.165) is 19.4 Å². The van der Waals surface area contributed by atoms with Crippen molar-refractivity contribution in [3.8, 4) is 0 Å². The van der Waals surface area contributed by atoms with E-state index >= 15 is 0 Å². The van der Waals surface area contributed by atoms with Gasteiger partial charge in [-0.2, -0.15) is 0 Å². The largest absolute Gasteiger partial charge is 0.330 e. The van der Waals surface area contributed by atoms with Crippen molar-refractivity contribution < 1.29 is 0 Å². The predicted molar refractivity (Wildman–Crippen MR) is 109 cm³/mol. The van der Waals surface area contributed by atoms with Crippen molar-refractivity contribution in [2.45, 2.75) is 44.9 Å². The van der Waals surface area contributed by atoms with Crippen LogP contribution in [-0.2, 0) is 19.3 Å². The van der Waals surface area contributed by atoms with Crippen molar-refractivity contribution in [3.63, 3.8) is 0 Å². The molecule has 0 amide bonds. The average molecular weight is 339 g/mol. The van der Waals surface area contributed by atoms with Gasteiger partial charge in [0, 0.05) is 0 Å². The number of unbranched alkanes of at least 4 members (excludes halogenated alkanes) is 1. The lowest BCUT2D eigenvalue weighted by Crippen LogP contribution is -2.21. The van der Waals surface area contributed by atoms with Gasteiger partial charge >= 0.3 is 0 Å². The molecule has 136 valence electrons. The third kappa shape index (κ3) is 8.33. The molecule has 0 saturated carbocycles. The maximum atomic E-state index is 5.55. The first-order valence-electron chi connectivity index (χ1n) is 9.78. The van der Waals surface area contributed by atoms with Crippen molar-refractivity contribution in [2.24, 2.45) is 5.73 Å². The zero-order valence-corrected chi connectivity index (χ0v) is 15.8. The minimum absolute atomic E-state index is 0.803. The smallest absolute Gasteiger partial charge is 0.00186 e. The Balaban J connectivity index is 1.58. The number of aryl methyl sites for hydroxylation is 3. The lowest BCUT2D eigenvalue weighted by Gasteiger charge is -2.16. The molecule has 2 heteroatoms. The number of benzene rings is 2. The van der Waals surface area contributed by atoms with Gasteiger partial charge < -0.3 is 10.6 Å². The summed E-state index contributed by atoms with van der Waals surface area (Å²) in [6.45, 7) is 3.15. The molecule has 25 heavy (non-hydrogen) atoms. The van der Waals surface area contributed by atoms with E-state index in [1.54, 1.807) is 0 Å². The lowest BCUT2D eigenvalue weighted by molar-refractivity contribution is 0.325. The van der Waals surface area contributed by atoms with Crippen LogP contribution in [0.2, 0.25) is 0 Å². The Bertz CT molecular complexity index is 562. The highest BCUT2D eigenvalue weighted by atomic mass is 15.1. The van der Waals surface area contributed by atoms with Gasteiger partial charge in [0.1, 0.15) is 0 Å². The molecule has 0 atom stereocenters. The van der Waals surface area contributed by atoms with Crippen LogP contribution in [0.1, 0.15) is 42.4 Å². The molecular formula is C23H34N2. The molecule has 2 nitrogen and oxygen atoms in total. The zero-order chi connectivity index (χ0) is 17.7. The summed E-state index contributed by atoms with van der Waals surface area (Å²) in [5.74, 6) is 0. The fourth-order valence-corrected chi connectivity index (χ4v) is 3.21. The molecule has 2 N–H and O–H groups in total. The molecule has 0 aliphatic rings. The molecule has 0 radical (unpaired) electrons. The SMILES string of the molecule is CN(CCCc1ccccc1)CCCc1ccc(CCCCN)cc1. The van der Waals surface area contributed by atoms with Crippen molar-refractivity contribution >= 4 is 0 Å². The first kappa shape index (κ1) is 19.7. The zero-order valence-electron chi connectivity index (χ0n) is 15.8. The van der Waals surface area contributed by atoms with Crippen LogP contribution in [0.4, 0.5) is 0 Å². The summed E-state index contributed by atoms with van der Waals surface area (Å²) in [5.41, 5.74) is 9.90. The molecule has 2 aromatic carbocycles. The standard InChI is InChI=1S/C23H34N2/c1-25(19-7-12-21-9-3-2-4-10-21)20-8-13-23-16-14-22(15-17-23)11-5-6-18-24/h2-4,9-10,14-17H,5-8,11-13,18-20,24H2,1H3. The minimum atomic E-state index is 0.803. The molecule has 0 aliphatic heterocycles. The minimum Gasteiger partial charge on any atom is -0.330 e. The lowest BCUT2D eigenvalue weighted by atomic mass is 10.0. The van der Waals surface area contributed by atoms with E-state index in [4.69, 9.17) is 5.73 Å². The molecule has 2 rings (SSSR count). The number of hydrogen-bond acceptors (Lipinski definition) is 2. The molecule has 2 aromatic rings.